The number of esters is 4. The van der Waals surface area contributed by atoms with Crippen LogP contribution in [0.4, 0.5) is 0 Å². The molecule has 8 rings (SSSR count). The highest BCUT2D eigenvalue weighted by atomic mass is 16.7. The van der Waals surface area contributed by atoms with Crippen LogP contribution in [0.1, 0.15) is 298 Å². The summed E-state index contributed by atoms with van der Waals surface area (Å²) in [6.45, 7) is 56.4. The summed E-state index contributed by atoms with van der Waals surface area (Å²) >= 11 is 0. The lowest BCUT2D eigenvalue weighted by Gasteiger charge is -2.44. The molecule has 9 N–H and O–H groups in total. The van der Waals surface area contributed by atoms with Crippen LogP contribution in [-0.2, 0) is 95.2 Å². The largest absolute Gasteiger partial charge is 0.462 e. The van der Waals surface area contributed by atoms with E-state index in [-0.39, 0.29) is 167 Å². The van der Waals surface area contributed by atoms with E-state index in [0.717, 1.165) is 0 Å². The van der Waals surface area contributed by atoms with Crippen LogP contribution in [0.2, 0.25) is 0 Å². The van der Waals surface area contributed by atoms with Crippen molar-refractivity contribution in [1.82, 2.24) is 19.6 Å². The highest BCUT2D eigenvalue weighted by Gasteiger charge is 2.51. The molecule has 17 unspecified atom stereocenters. The van der Waals surface area contributed by atoms with Gasteiger partial charge in [0.05, 0.1) is 103 Å². The fourth-order valence-electron chi connectivity index (χ4n) is 23.6. The fraction of sp³-hybridized carbons (Fsp3) is 0.895. The summed E-state index contributed by atoms with van der Waals surface area (Å²) in [5, 5.41) is 100. The Morgan fingerprint density at radius 1 is 0.299 bits per heavy atom. The number of nitrogens with zero attached hydrogens (tertiary/aromatic N) is 4. The van der Waals surface area contributed by atoms with Gasteiger partial charge < -0.3 is 122 Å². The summed E-state index contributed by atoms with van der Waals surface area (Å²) in [4.78, 5) is 113. The number of allylic oxidation sites excluding steroid dienone is 2. The van der Waals surface area contributed by atoms with Crippen LogP contribution >= 0.6 is 0 Å². The quantitative estimate of drug-likeness (QED) is 0.0512. The number of aliphatic hydroxyl groups excluding tert-OH is 9. The van der Waals surface area contributed by atoms with Crippen molar-refractivity contribution in [2.75, 3.05) is 56.4 Å². The smallest absolute Gasteiger partial charge is 0.311 e. The lowest BCUT2D eigenvalue weighted by atomic mass is 9.77. The second-order valence-electron chi connectivity index (χ2n) is 47.5. The molecule has 0 saturated carbocycles. The number of carbonyl (C=O) groups excluding carboxylic acids is 8. The Morgan fingerprint density at radius 2 is 0.585 bits per heavy atom. The average molecular weight is 2090 g/mol. The second kappa shape index (κ2) is 61.1. The van der Waals surface area contributed by atoms with Gasteiger partial charge >= 0.3 is 23.9 Å². The summed E-state index contributed by atoms with van der Waals surface area (Å²) in [7, 11) is 15.3. The second-order valence-corrected chi connectivity index (χ2v) is 47.5. The maximum atomic E-state index is 13.3. The van der Waals surface area contributed by atoms with E-state index in [1.807, 2.05) is 254 Å². The number of Topliss-reactive ketones (excluding diaryl/α,β-unsaturated/α-hetero) is 3. The van der Waals surface area contributed by atoms with E-state index in [2.05, 4.69) is 0 Å². The van der Waals surface area contributed by atoms with Crippen LogP contribution in [0.15, 0.2) is 23.8 Å². The molecule has 0 bridgehead atoms. The van der Waals surface area contributed by atoms with E-state index >= 15 is 0 Å². The monoisotopic (exact) mass is 2090 g/mol. The first-order chi connectivity index (χ1) is 68.3. The molecule has 0 aliphatic carbocycles. The van der Waals surface area contributed by atoms with E-state index in [9.17, 15) is 84.3 Å². The summed E-state index contributed by atoms with van der Waals surface area (Å²) in [6, 6.07) is -0.568. The van der Waals surface area contributed by atoms with Crippen molar-refractivity contribution < 1.29 is 141 Å². The maximum Gasteiger partial charge on any atom is 0.311 e. The number of ketones is 4. The zero-order valence-corrected chi connectivity index (χ0v) is 97.0. The zero-order valence-electron chi connectivity index (χ0n) is 97.0. The third-order valence-corrected chi connectivity index (χ3v) is 33.9. The lowest BCUT2D eigenvalue weighted by molar-refractivity contribution is -0.283. The van der Waals surface area contributed by atoms with Gasteiger partial charge in [0.1, 0.15) is 60.4 Å². The first-order valence-corrected chi connectivity index (χ1v) is 55.7. The number of aliphatic hydroxyl groups is 9. The number of hydrogen-bond acceptors (Lipinski definition) is 33. The molecule has 6 saturated heterocycles. The van der Waals surface area contributed by atoms with Gasteiger partial charge in [-0.3, -0.25) is 38.4 Å². The van der Waals surface area contributed by atoms with Crippen LogP contribution in [-0.4, -0.2) is 346 Å². The Labute approximate surface area is 882 Å². The van der Waals surface area contributed by atoms with Crippen LogP contribution in [0, 0.1) is 124 Å². The van der Waals surface area contributed by atoms with Crippen LogP contribution < -0.4 is 0 Å². The first-order valence-electron chi connectivity index (χ1n) is 55.7. The lowest BCUT2D eigenvalue weighted by Crippen LogP contribution is -2.56. The SMILES string of the molecule is CC[C@H]1OC(=O)[C@H](C)[C@@H](O)C[C@@H](OC2OC(C)CC(N(C)C)C2O)[C@@H](C)C[C@@H](C)C(=O)[C@H](C)[C@@H](O)[C@H]1C.CC[C@H]1OC(=O)[C@H](C)[C@@H](O)[C@H](C)[C@@H](OC2OC(C)CC(N(C)C)C2O)[C@@H](C)C[C@@H](C)C(=O)/C(C)=C/[C@H]1C.CC[C@H]1OC(=O)[C@H](C)[C@@H](O)[C@H](C)[C@@H](OC2OC(C)CC(N(C)C)C2O)[C@@H](C)C[C@@H](C)C(=O)/C=C/[C@H]1C.CC[C@H]1OC(=O)[C@H](C)[C@@H](O)[C@H](C)[C@@H](OC2OC(C)CC(N(C)C)C2O)[C@@H](C)C[C@@H](C)C(=O)C(C)C[C@H]1C. The Balaban J connectivity index is 0.000000345. The summed E-state index contributed by atoms with van der Waals surface area (Å²) in [6.07, 6.45) is -3.47. The Kier molecular flexibility index (Phi) is 55.1. The standard InChI is InChI=1S/C29H53NO7.C29H51NO7.C28H51NO8.C28H49NO7/c2*1-11-23-15(2)12-16(3)24(31)17(4)13-18(5)27(20(7)25(32)21(8)28(34)36-23)37-29-26(33)22(30(9)10)14-19(6)35-29;1-10-22-18(6)25(32)19(7)24(31)15(3)11-14(2)23(13-21(30)17(5)27(34)36-22)37-28-26(33)20(29(8)9)12-16(4)35-28;1-10-23-15(2)11-12-22(30)16(3)13-17(4)26(19(6)24(31)20(7)27(33)35-23)36-28-25(32)21(29(8)9)14-18(5)34-28/h15-23,25-27,29,32-33H,11-14H2,1-10H3;12,15,17-23,25-27,29,32-33H,11,13-14H2,1-10H3;14-23,25-26,28,30,32-33H,10-13H2,1-9H3;11-12,15-21,23-26,28,31-32H,10,13-14H2,1-9H3/b;16-12+;;12-11+/t15-,16?,17-,18+,19?,20+,21-,22?,23-,25+,26?,27+,29?;15-,17-,18+,19?,20+,21-,22?,23-,25+,26?,27+,29?;14-,15+,16?,17+,18-,19-,20?,21-,22+,23+,25-,26?,28?;15-,16-,17+,18?,19+,20-,21?,23-,24+,25?,26+,28?/m1101/s1. The molecular formula is C114H204N4O29. The molecule has 0 amide bonds. The van der Waals surface area contributed by atoms with Crippen molar-refractivity contribution >= 4 is 47.0 Å². The number of hydrogen-bond donors (Lipinski definition) is 9. The van der Waals surface area contributed by atoms with Crippen molar-refractivity contribution in [3.63, 3.8) is 0 Å². The van der Waals surface area contributed by atoms with Crippen molar-refractivity contribution in [2.45, 2.75) is 475 Å². The minimum absolute atomic E-state index is 0.00232. The third-order valence-electron chi connectivity index (χ3n) is 33.9. The van der Waals surface area contributed by atoms with Crippen molar-refractivity contribution in [3.05, 3.63) is 23.8 Å². The highest BCUT2D eigenvalue weighted by molar-refractivity contribution is 5.96. The average Bonchev–Trinajstić information content (AvgIpc) is 0.814. The van der Waals surface area contributed by atoms with Crippen LogP contribution in [0.5, 0.6) is 0 Å². The number of rotatable bonds is 16. The van der Waals surface area contributed by atoms with E-state index in [4.69, 9.17) is 56.8 Å². The topological polar surface area (TPSA) is 442 Å². The molecule has 0 aromatic rings. The fourth-order valence-corrected chi connectivity index (χ4v) is 23.6. The number of cyclic esters (lactones) is 4. The molecule has 0 spiro atoms. The molecule has 8 aliphatic heterocycles. The summed E-state index contributed by atoms with van der Waals surface area (Å²) in [5.74, 6) is -9.43. The Morgan fingerprint density at radius 3 is 0.932 bits per heavy atom. The third kappa shape index (κ3) is 36.9. The van der Waals surface area contributed by atoms with Gasteiger partial charge in [0.2, 0.25) is 0 Å². The molecule has 0 aromatic heterocycles. The van der Waals surface area contributed by atoms with Gasteiger partial charge in [-0.05, 0) is 243 Å². The number of ether oxygens (including phenoxy) is 12. The van der Waals surface area contributed by atoms with Gasteiger partial charge in [-0.2, -0.15) is 0 Å². The molecule has 0 radical (unpaired) electrons. The van der Waals surface area contributed by atoms with Gasteiger partial charge in [0.15, 0.2) is 36.7 Å². The minimum atomic E-state index is -1.06. The molecule has 8 aliphatic rings. The molecule has 33 heteroatoms. The van der Waals surface area contributed by atoms with Gasteiger partial charge in [-0.25, -0.2) is 0 Å². The van der Waals surface area contributed by atoms with Gasteiger partial charge in [-0.1, -0.05) is 158 Å². The van der Waals surface area contributed by atoms with Crippen LogP contribution in [0.3, 0.4) is 0 Å². The van der Waals surface area contributed by atoms with E-state index in [1.165, 1.54) is 0 Å². The Hall–Kier alpha value is -4.80. The molecule has 50 atom stereocenters. The summed E-state index contributed by atoms with van der Waals surface area (Å²) in [5.41, 5.74) is 0.658. The number of likely N-dealkylation sites (N-methyl/N-ethyl adjacent to an activating group) is 4. The minimum Gasteiger partial charge on any atom is -0.462 e. The molecule has 854 valence electrons. The number of carbonyl (C=O) groups is 8. The molecular weight excluding hydrogens is 1890 g/mol. The highest BCUT2D eigenvalue weighted by Crippen LogP contribution is 2.42. The maximum absolute atomic E-state index is 13.3. The van der Waals surface area contributed by atoms with Gasteiger partial charge in [-0.15, -0.1) is 0 Å². The van der Waals surface area contributed by atoms with Gasteiger partial charge in [0, 0.05) is 102 Å². The van der Waals surface area contributed by atoms with Crippen molar-refractivity contribution in [3.8, 4) is 0 Å². The molecule has 147 heavy (non-hydrogen) atoms. The van der Waals surface area contributed by atoms with Crippen LogP contribution in [0.25, 0.3) is 0 Å². The van der Waals surface area contributed by atoms with Gasteiger partial charge in [0.25, 0.3) is 0 Å². The Bertz CT molecular complexity index is 4040. The predicted molar refractivity (Wildman–Crippen MR) is 563 cm³/mol. The first kappa shape index (κ1) is 133. The molecule has 0 aromatic carbocycles. The van der Waals surface area contributed by atoms with Crippen molar-refractivity contribution in [2.24, 2.45) is 124 Å². The van der Waals surface area contributed by atoms with E-state index in [0.29, 0.717) is 89.0 Å². The molecule has 6 fully saturated rings. The van der Waals surface area contributed by atoms with Crippen molar-refractivity contribution in [1.29, 1.82) is 0 Å². The normalized spacial score (nSPS) is 45.0. The van der Waals surface area contributed by atoms with E-state index < -0.39 is 188 Å². The summed E-state index contributed by atoms with van der Waals surface area (Å²) < 4.78 is 72.9. The zero-order chi connectivity index (χ0) is 112. The predicted octanol–water partition coefficient (Wildman–Crippen LogP) is 12.8. The molecule has 8 heterocycles. The molecule has 33 nitrogen and oxygen atoms in total. The van der Waals surface area contributed by atoms with E-state index in [1.54, 1.807) is 47.6 Å².